The number of benzene rings is 1. The Morgan fingerprint density at radius 3 is 2.77 bits per heavy atom. The van der Waals surface area contributed by atoms with Crippen LogP contribution in [0.1, 0.15) is 36.9 Å². The summed E-state index contributed by atoms with van der Waals surface area (Å²) in [6, 6.07) is 8.90. The molecule has 0 bridgehead atoms. The molecule has 1 aliphatic rings. The van der Waals surface area contributed by atoms with Crippen molar-refractivity contribution in [1.29, 1.82) is 0 Å². The third kappa shape index (κ3) is 3.43. The lowest BCUT2D eigenvalue weighted by atomic mass is 9.99. The van der Waals surface area contributed by atoms with Gasteiger partial charge in [-0.1, -0.05) is 12.1 Å². The summed E-state index contributed by atoms with van der Waals surface area (Å²) in [5.41, 5.74) is 2.40. The summed E-state index contributed by atoms with van der Waals surface area (Å²) in [5.74, 6) is 1.47. The minimum Gasteiger partial charge on any atom is -0.370 e. The van der Waals surface area contributed by atoms with Gasteiger partial charge in [-0.2, -0.15) is 0 Å². The van der Waals surface area contributed by atoms with Gasteiger partial charge in [0.1, 0.15) is 11.9 Å². The van der Waals surface area contributed by atoms with Gasteiger partial charge in [0.05, 0.1) is 6.33 Å². The van der Waals surface area contributed by atoms with E-state index in [2.05, 4.69) is 51.0 Å². The highest BCUT2D eigenvalue weighted by molar-refractivity contribution is 5.35. The molecule has 3 aromatic rings. The van der Waals surface area contributed by atoms with Crippen molar-refractivity contribution in [2.75, 3.05) is 13.2 Å². The van der Waals surface area contributed by atoms with Gasteiger partial charge in [-0.05, 0) is 31.0 Å². The van der Waals surface area contributed by atoms with Crippen LogP contribution in [0.25, 0.3) is 5.69 Å². The Morgan fingerprint density at radius 1 is 1.23 bits per heavy atom. The normalized spacial score (nSPS) is 21.2. The van der Waals surface area contributed by atoms with Gasteiger partial charge in [0.2, 0.25) is 0 Å². The second-order valence-corrected chi connectivity index (χ2v) is 6.93. The molecule has 0 spiro atoms. The summed E-state index contributed by atoms with van der Waals surface area (Å²) < 4.78 is 10.0. The lowest BCUT2D eigenvalue weighted by molar-refractivity contribution is 0.0806. The third-order valence-electron chi connectivity index (χ3n) is 5.21. The Hall–Kier alpha value is -2.44. The molecule has 4 rings (SSSR count). The SMILES string of the molecule is CC(NC[C@@H]1CCO[C@H]1c1nccn1C)c1ccc(-n2ccnc2)cc1. The predicted molar refractivity (Wildman–Crippen MR) is 100.0 cm³/mol. The first-order valence-electron chi connectivity index (χ1n) is 9.13. The maximum atomic E-state index is 5.95. The molecule has 6 heteroatoms. The lowest BCUT2D eigenvalue weighted by Crippen LogP contribution is -2.28. The Kier molecular flexibility index (Phi) is 4.86. The zero-order valence-electron chi connectivity index (χ0n) is 15.2. The molecule has 1 aromatic carbocycles. The first-order valence-corrected chi connectivity index (χ1v) is 9.13. The molecule has 0 aliphatic carbocycles. The Morgan fingerprint density at radius 2 is 2.08 bits per heavy atom. The smallest absolute Gasteiger partial charge is 0.137 e. The molecule has 2 aromatic heterocycles. The van der Waals surface area contributed by atoms with Crippen LogP contribution >= 0.6 is 0 Å². The molecule has 3 atom stereocenters. The van der Waals surface area contributed by atoms with E-state index in [0.29, 0.717) is 5.92 Å². The molecule has 1 N–H and O–H groups in total. The van der Waals surface area contributed by atoms with E-state index >= 15 is 0 Å². The van der Waals surface area contributed by atoms with Gasteiger partial charge in [0, 0.05) is 62.6 Å². The van der Waals surface area contributed by atoms with Crippen LogP contribution in [0.2, 0.25) is 0 Å². The van der Waals surface area contributed by atoms with Crippen molar-refractivity contribution in [3.8, 4) is 5.69 Å². The van der Waals surface area contributed by atoms with Crippen molar-refractivity contribution in [3.63, 3.8) is 0 Å². The van der Waals surface area contributed by atoms with Crippen LogP contribution in [0.3, 0.4) is 0 Å². The molecule has 1 fully saturated rings. The summed E-state index contributed by atoms with van der Waals surface area (Å²) >= 11 is 0. The van der Waals surface area contributed by atoms with E-state index in [1.807, 2.05) is 36.5 Å². The van der Waals surface area contributed by atoms with Crippen LogP contribution in [-0.2, 0) is 11.8 Å². The maximum absolute atomic E-state index is 5.95. The number of nitrogens with one attached hydrogen (secondary N) is 1. The van der Waals surface area contributed by atoms with E-state index < -0.39 is 0 Å². The van der Waals surface area contributed by atoms with E-state index in [0.717, 1.165) is 31.1 Å². The molecule has 3 heterocycles. The molecular formula is C20H25N5O. The Labute approximate surface area is 153 Å². The summed E-state index contributed by atoms with van der Waals surface area (Å²) in [7, 11) is 2.03. The quantitative estimate of drug-likeness (QED) is 0.742. The summed E-state index contributed by atoms with van der Waals surface area (Å²) in [6.45, 7) is 3.93. The molecule has 6 nitrogen and oxygen atoms in total. The average Bonchev–Trinajstić information content (AvgIpc) is 3.41. The Bertz CT molecular complexity index is 824. The Balaban J connectivity index is 1.37. The molecule has 1 aliphatic heterocycles. The van der Waals surface area contributed by atoms with Gasteiger partial charge in [0.25, 0.3) is 0 Å². The van der Waals surface area contributed by atoms with Crippen molar-refractivity contribution in [3.05, 3.63) is 66.8 Å². The fourth-order valence-electron chi connectivity index (χ4n) is 3.57. The number of aromatic nitrogens is 4. The van der Waals surface area contributed by atoms with Crippen molar-refractivity contribution in [1.82, 2.24) is 24.4 Å². The molecule has 26 heavy (non-hydrogen) atoms. The third-order valence-corrected chi connectivity index (χ3v) is 5.21. The average molecular weight is 351 g/mol. The monoisotopic (exact) mass is 351 g/mol. The molecule has 0 saturated carbocycles. The highest BCUT2D eigenvalue weighted by atomic mass is 16.5. The van der Waals surface area contributed by atoms with Gasteiger partial charge < -0.3 is 19.2 Å². The molecular weight excluding hydrogens is 326 g/mol. The van der Waals surface area contributed by atoms with Crippen LogP contribution in [0, 0.1) is 5.92 Å². The van der Waals surface area contributed by atoms with Gasteiger partial charge >= 0.3 is 0 Å². The second kappa shape index (κ2) is 7.43. The van der Waals surface area contributed by atoms with Crippen LogP contribution in [0.5, 0.6) is 0 Å². The van der Waals surface area contributed by atoms with Gasteiger partial charge in [-0.25, -0.2) is 9.97 Å². The van der Waals surface area contributed by atoms with Gasteiger partial charge in [-0.15, -0.1) is 0 Å². The topological polar surface area (TPSA) is 56.9 Å². The number of imidazole rings is 2. The van der Waals surface area contributed by atoms with Crippen molar-refractivity contribution >= 4 is 0 Å². The summed E-state index contributed by atoms with van der Waals surface area (Å²) in [4.78, 5) is 8.57. The number of aryl methyl sites for hydroxylation is 1. The molecule has 1 saturated heterocycles. The fourth-order valence-corrected chi connectivity index (χ4v) is 3.57. The number of ether oxygens (including phenoxy) is 1. The summed E-state index contributed by atoms with van der Waals surface area (Å²) in [5, 5.41) is 3.67. The maximum Gasteiger partial charge on any atom is 0.137 e. The zero-order chi connectivity index (χ0) is 17.9. The van der Waals surface area contributed by atoms with E-state index in [4.69, 9.17) is 4.74 Å². The zero-order valence-corrected chi connectivity index (χ0v) is 15.2. The highest BCUT2D eigenvalue weighted by Gasteiger charge is 2.32. The fraction of sp³-hybridized carbons (Fsp3) is 0.400. The van der Waals surface area contributed by atoms with Crippen LogP contribution in [0.15, 0.2) is 55.4 Å². The largest absolute Gasteiger partial charge is 0.370 e. The second-order valence-electron chi connectivity index (χ2n) is 6.93. The van der Waals surface area contributed by atoms with Crippen molar-refractivity contribution in [2.45, 2.75) is 25.5 Å². The van der Waals surface area contributed by atoms with E-state index in [-0.39, 0.29) is 12.1 Å². The number of hydrogen-bond donors (Lipinski definition) is 1. The number of nitrogens with zero attached hydrogens (tertiary/aromatic N) is 4. The number of hydrogen-bond acceptors (Lipinski definition) is 4. The minimum absolute atomic E-state index is 0.0818. The van der Waals surface area contributed by atoms with E-state index in [1.54, 1.807) is 6.20 Å². The van der Waals surface area contributed by atoms with Gasteiger partial charge in [-0.3, -0.25) is 0 Å². The van der Waals surface area contributed by atoms with Crippen LogP contribution in [0.4, 0.5) is 0 Å². The van der Waals surface area contributed by atoms with Crippen molar-refractivity contribution < 1.29 is 4.74 Å². The molecule has 0 radical (unpaired) electrons. The van der Waals surface area contributed by atoms with Gasteiger partial charge in [0.15, 0.2) is 0 Å². The summed E-state index contributed by atoms with van der Waals surface area (Å²) in [6.07, 6.45) is 10.5. The molecule has 0 amide bonds. The first-order chi connectivity index (χ1) is 12.7. The van der Waals surface area contributed by atoms with E-state index in [1.165, 1.54) is 5.56 Å². The van der Waals surface area contributed by atoms with E-state index in [9.17, 15) is 0 Å². The predicted octanol–water partition coefficient (Wildman–Crippen LogP) is 3.03. The van der Waals surface area contributed by atoms with Crippen LogP contribution < -0.4 is 5.32 Å². The standard InChI is InChI=1S/C20H25N5O/c1-15(16-3-5-18(6-4-16)25-11-8-21-14-25)23-13-17-7-12-26-19(17)20-22-9-10-24(20)2/h3-6,8-11,14-15,17,19,23H,7,12-13H2,1-2H3/t15?,17-,19+/m0/s1. The van der Waals surface area contributed by atoms with Crippen LogP contribution in [-0.4, -0.2) is 32.3 Å². The highest BCUT2D eigenvalue weighted by Crippen LogP contribution is 2.33. The van der Waals surface area contributed by atoms with Crippen molar-refractivity contribution in [2.24, 2.45) is 13.0 Å². The number of rotatable bonds is 6. The lowest BCUT2D eigenvalue weighted by Gasteiger charge is -2.22. The molecule has 1 unspecified atom stereocenters. The minimum atomic E-state index is 0.0818. The first kappa shape index (κ1) is 17.0. The molecule has 136 valence electrons.